The van der Waals surface area contributed by atoms with Crippen molar-refractivity contribution in [1.29, 1.82) is 0 Å². The van der Waals surface area contributed by atoms with Crippen molar-refractivity contribution in [3.05, 3.63) is 71.0 Å². The van der Waals surface area contributed by atoms with E-state index in [1.807, 2.05) is 30.0 Å². The molecule has 2 amide bonds. The van der Waals surface area contributed by atoms with Crippen molar-refractivity contribution in [2.24, 2.45) is 0 Å². The Morgan fingerprint density at radius 1 is 1.22 bits per heavy atom. The summed E-state index contributed by atoms with van der Waals surface area (Å²) in [5.74, 6) is -0.196. The van der Waals surface area contributed by atoms with Gasteiger partial charge in [0.25, 0.3) is 5.91 Å². The van der Waals surface area contributed by atoms with E-state index in [0.29, 0.717) is 18.5 Å². The lowest BCUT2D eigenvalue weighted by molar-refractivity contribution is -0.128. The Bertz CT molecular complexity index is 819. The number of carbonyl (C=O) groups excluding carboxylic acids is 2. The summed E-state index contributed by atoms with van der Waals surface area (Å²) in [7, 11) is 1.77. The van der Waals surface area contributed by atoms with Crippen molar-refractivity contribution in [1.82, 2.24) is 9.80 Å². The van der Waals surface area contributed by atoms with E-state index in [0.717, 1.165) is 30.5 Å². The maximum absolute atomic E-state index is 13.2. The summed E-state index contributed by atoms with van der Waals surface area (Å²) in [5.41, 5.74) is 2.47. The minimum absolute atomic E-state index is 0.0826. The van der Waals surface area contributed by atoms with Crippen LogP contribution in [0.4, 0.5) is 4.39 Å². The van der Waals surface area contributed by atoms with Crippen molar-refractivity contribution < 1.29 is 14.0 Å². The van der Waals surface area contributed by atoms with Crippen molar-refractivity contribution in [3.63, 3.8) is 0 Å². The maximum atomic E-state index is 13.2. The maximum Gasteiger partial charge on any atom is 0.254 e. The molecule has 1 fully saturated rings. The summed E-state index contributed by atoms with van der Waals surface area (Å²) in [6.45, 7) is 3.32. The van der Waals surface area contributed by atoms with Gasteiger partial charge in [0.2, 0.25) is 5.91 Å². The summed E-state index contributed by atoms with van der Waals surface area (Å²) < 4.78 is 13.2. The van der Waals surface area contributed by atoms with Crippen LogP contribution in [-0.2, 0) is 11.3 Å². The third-order valence-electron chi connectivity index (χ3n) is 5.15. The first kappa shape index (κ1) is 19.1. The molecule has 27 heavy (non-hydrogen) atoms. The van der Waals surface area contributed by atoms with Gasteiger partial charge in [0.05, 0.1) is 6.04 Å². The summed E-state index contributed by atoms with van der Waals surface area (Å²) >= 11 is 0. The normalized spacial score (nSPS) is 15.1. The third-order valence-corrected chi connectivity index (χ3v) is 5.15. The molecule has 1 saturated heterocycles. The smallest absolute Gasteiger partial charge is 0.254 e. The fourth-order valence-electron chi connectivity index (χ4n) is 3.66. The van der Waals surface area contributed by atoms with Crippen LogP contribution in [0.2, 0.25) is 0 Å². The van der Waals surface area contributed by atoms with Gasteiger partial charge >= 0.3 is 0 Å². The van der Waals surface area contributed by atoms with Crippen LogP contribution < -0.4 is 0 Å². The molecule has 142 valence electrons. The second-order valence-corrected chi connectivity index (χ2v) is 7.01. The van der Waals surface area contributed by atoms with E-state index >= 15 is 0 Å². The summed E-state index contributed by atoms with van der Waals surface area (Å²) in [6, 6.07) is 13.6. The molecule has 0 aliphatic carbocycles. The molecule has 4 nitrogen and oxygen atoms in total. The van der Waals surface area contributed by atoms with Crippen molar-refractivity contribution in [2.75, 3.05) is 13.6 Å². The van der Waals surface area contributed by atoms with Gasteiger partial charge in [-0.15, -0.1) is 0 Å². The lowest BCUT2D eigenvalue weighted by Crippen LogP contribution is -2.31. The van der Waals surface area contributed by atoms with Gasteiger partial charge in [0.15, 0.2) is 0 Å². The molecule has 2 aromatic rings. The largest absolute Gasteiger partial charge is 0.338 e. The highest BCUT2D eigenvalue weighted by atomic mass is 19.1. The first-order valence-electron chi connectivity index (χ1n) is 9.39. The van der Waals surface area contributed by atoms with E-state index in [4.69, 9.17) is 0 Å². The second kappa shape index (κ2) is 8.33. The quantitative estimate of drug-likeness (QED) is 0.768. The molecule has 0 N–H and O–H groups in total. The number of nitrogens with zero attached hydrogens (tertiary/aromatic N) is 2. The van der Waals surface area contributed by atoms with Gasteiger partial charge in [-0.3, -0.25) is 9.59 Å². The number of hydrogen-bond donors (Lipinski definition) is 0. The molecule has 1 heterocycles. The van der Waals surface area contributed by atoms with E-state index in [1.54, 1.807) is 30.1 Å². The Kier molecular flexibility index (Phi) is 5.89. The topological polar surface area (TPSA) is 40.6 Å². The molecular formula is C22H25FN2O2. The summed E-state index contributed by atoms with van der Waals surface area (Å²) in [4.78, 5) is 28.4. The van der Waals surface area contributed by atoms with Crippen LogP contribution in [0.15, 0.2) is 48.5 Å². The zero-order valence-electron chi connectivity index (χ0n) is 15.8. The second-order valence-electron chi connectivity index (χ2n) is 7.01. The molecule has 5 heteroatoms. The number of likely N-dealkylation sites (tertiary alicyclic amines) is 1. The zero-order chi connectivity index (χ0) is 19.4. The van der Waals surface area contributed by atoms with E-state index in [1.165, 1.54) is 12.1 Å². The molecule has 1 unspecified atom stereocenters. The molecule has 0 saturated carbocycles. The number of halogens is 1. The molecule has 1 aliphatic heterocycles. The average Bonchev–Trinajstić information content (AvgIpc) is 3.08. The minimum atomic E-state index is -0.285. The molecule has 0 bridgehead atoms. The van der Waals surface area contributed by atoms with Crippen molar-refractivity contribution in [3.8, 4) is 0 Å². The Labute approximate surface area is 159 Å². The lowest BCUT2D eigenvalue weighted by atomic mass is 10.0. The van der Waals surface area contributed by atoms with Crippen LogP contribution in [0.3, 0.4) is 0 Å². The highest BCUT2D eigenvalue weighted by molar-refractivity contribution is 5.94. The Balaban J connectivity index is 1.76. The molecule has 3 rings (SSSR count). The predicted octanol–water partition coefficient (Wildman–Crippen LogP) is 4.17. The third kappa shape index (κ3) is 4.35. The van der Waals surface area contributed by atoms with Gasteiger partial charge in [-0.1, -0.05) is 31.2 Å². The molecule has 0 aromatic heterocycles. The fourth-order valence-corrected chi connectivity index (χ4v) is 3.66. The number of rotatable bonds is 6. The van der Waals surface area contributed by atoms with E-state index in [-0.39, 0.29) is 23.7 Å². The predicted molar refractivity (Wildman–Crippen MR) is 103 cm³/mol. The first-order valence-corrected chi connectivity index (χ1v) is 9.39. The monoisotopic (exact) mass is 368 g/mol. The fraction of sp³-hybridized carbons (Fsp3) is 0.364. The van der Waals surface area contributed by atoms with Crippen LogP contribution >= 0.6 is 0 Å². The minimum Gasteiger partial charge on any atom is -0.338 e. The molecule has 0 spiro atoms. The average molecular weight is 368 g/mol. The van der Waals surface area contributed by atoms with Gasteiger partial charge in [0, 0.05) is 32.1 Å². The van der Waals surface area contributed by atoms with E-state index < -0.39 is 0 Å². The van der Waals surface area contributed by atoms with Gasteiger partial charge in [-0.2, -0.15) is 0 Å². The molecule has 1 aliphatic rings. The number of amides is 2. The molecule has 0 radical (unpaired) electrons. The van der Waals surface area contributed by atoms with Crippen LogP contribution in [0.25, 0.3) is 0 Å². The number of carbonyl (C=O) groups is 2. The Hall–Kier alpha value is -2.69. The molecule has 1 atom stereocenters. The number of benzene rings is 2. The highest BCUT2D eigenvalue weighted by Gasteiger charge is 2.23. The molecule has 2 aromatic carbocycles. The standard InChI is InChI=1S/C22H25FN2O2/c1-3-20(17-9-11-19(23)12-10-17)24(2)22(27)18-7-4-6-16(14-18)15-25-13-5-8-21(25)26/h4,6-7,9-12,14,20H,3,5,8,13,15H2,1-2H3. The highest BCUT2D eigenvalue weighted by Crippen LogP contribution is 2.25. The summed E-state index contributed by atoms with van der Waals surface area (Å²) in [5, 5.41) is 0. The molecular weight excluding hydrogens is 343 g/mol. The zero-order valence-corrected chi connectivity index (χ0v) is 15.8. The van der Waals surface area contributed by atoms with Crippen LogP contribution in [0.5, 0.6) is 0 Å². The van der Waals surface area contributed by atoms with Crippen LogP contribution in [-0.4, -0.2) is 35.2 Å². The number of hydrogen-bond acceptors (Lipinski definition) is 2. The first-order chi connectivity index (χ1) is 13.0. The Morgan fingerprint density at radius 2 is 1.96 bits per heavy atom. The van der Waals surface area contributed by atoms with Crippen LogP contribution in [0.1, 0.15) is 53.7 Å². The van der Waals surface area contributed by atoms with E-state index in [2.05, 4.69) is 0 Å². The van der Waals surface area contributed by atoms with Crippen molar-refractivity contribution in [2.45, 2.75) is 38.8 Å². The van der Waals surface area contributed by atoms with Crippen LogP contribution in [0, 0.1) is 5.82 Å². The van der Waals surface area contributed by atoms with Gasteiger partial charge < -0.3 is 9.80 Å². The van der Waals surface area contributed by atoms with E-state index in [9.17, 15) is 14.0 Å². The van der Waals surface area contributed by atoms with Gasteiger partial charge in [-0.05, 0) is 48.2 Å². The SMILES string of the molecule is CCC(c1ccc(F)cc1)N(C)C(=O)c1cccc(CN2CCCC2=O)c1. The summed E-state index contributed by atoms with van der Waals surface area (Å²) in [6.07, 6.45) is 2.24. The Morgan fingerprint density at radius 3 is 2.59 bits per heavy atom. The van der Waals surface area contributed by atoms with Gasteiger partial charge in [0.1, 0.15) is 5.82 Å². The van der Waals surface area contributed by atoms with Gasteiger partial charge in [-0.25, -0.2) is 4.39 Å². The van der Waals surface area contributed by atoms with Crippen molar-refractivity contribution >= 4 is 11.8 Å². The lowest BCUT2D eigenvalue weighted by Gasteiger charge is -2.28.